The molecule has 1 aliphatic heterocycles. The van der Waals surface area contributed by atoms with Gasteiger partial charge in [0.25, 0.3) is 0 Å². The van der Waals surface area contributed by atoms with Crippen molar-refractivity contribution in [2.45, 2.75) is 31.5 Å². The molecule has 0 aromatic carbocycles. The Kier molecular flexibility index (Phi) is 5.25. The molecule has 2 aromatic rings. The van der Waals surface area contributed by atoms with Gasteiger partial charge in [-0.25, -0.2) is 15.0 Å². The molecule has 0 aliphatic carbocycles. The first kappa shape index (κ1) is 17.7. The highest BCUT2D eigenvalue weighted by molar-refractivity contribution is 5.82. The Morgan fingerprint density at radius 3 is 2.76 bits per heavy atom. The van der Waals surface area contributed by atoms with Crippen LogP contribution in [0.3, 0.4) is 0 Å². The van der Waals surface area contributed by atoms with Crippen LogP contribution in [-0.4, -0.2) is 78.0 Å². The molecular formula is C15H21N5O5. The summed E-state index contributed by atoms with van der Waals surface area (Å²) < 4.78 is 7.01. The second-order valence-electron chi connectivity index (χ2n) is 5.86. The molecule has 3 heterocycles. The van der Waals surface area contributed by atoms with Gasteiger partial charge < -0.3 is 30.5 Å². The molecule has 1 fully saturated rings. The number of aliphatic hydroxyl groups is 4. The number of fused-ring (bicyclic) bond motifs is 1. The van der Waals surface area contributed by atoms with Gasteiger partial charge in [0.15, 0.2) is 23.2 Å². The van der Waals surface area contributed by atoms with Crippen molar-refractivity contribution in [3.63, 3.8) is 0 Å². The standard InChI is InChI=1S/C15H21N5O5/c1-8(4-21)2-3-16-13-10-14(18-6-17-13)20(7-19-10)15-12(24)11(23)9(5-22)25-15/h2,6-7,9,11-12,15,21-24H,3-5H2,1H3,(H,16,17,18)/b8-2+/t9-,11-,12-,15-/m1/s1. The average molecular weight is 351 g/mol. The fraction of sp³-hybridized carbons (Fsp3) is 0.533. The molecule has 0 unspecified atom stereocenters. The molecule has 0 radical (unpaired) electrons. The molecule has 2 aromatic heterocycles. The minimum atomic E-state index is -1.21. The molecule has 1 aliphatic rings. The SMILES string of the molecule is C/C(=C\CNc1ncnc2c1ncn2[C@@H]1O[C@H](CO)[C@@H](O)[C@H]1O)CO. The Bertz CT molecular complexity index is 764. The Morgan fingerprint density at radius 2 is 2.08 bits per heavy atom. The molecule has 25 heavy (non-hydrogen) atoms. The van der Waals surface area contributed by atoms with Crippen LogP contribution in [0.15, 0.2) is 24.3 Å². The number of hydrogen-bond acceptors (Lipinski definition) is 9. The van der Waals surface area contributed by atoms with Gasteiger partial charge in [-0.3, -0.25) is 4.57 Å². The number of imidazole rings is 1. The summed E-state index contributed by atoms with van der Waals surface area (Å²) in [6.07, 6.45) is 0.443. The fourth-order valence-corrected chi connectivity index (χ4v) is 2.66. The third-order valence-corrected chi connectivity index (χ3v) is 4.12. The van der Waals surface area contributed by atoms with Crippen LogP contribution >= 0.6 is 0 Å². The highest BCUT2D eigenvalue weighted by Gasteiger charge is 2.44. The van der Waals surface area contributed by atoms with E-state index in [0.717, 1.165) is 5.57 Å². The van der Waals surface area contributed by atoms with E-state index in [1.165, 1.54) is 17.2 Å². The lowest BCUT2D eigenvalue weighted by atomic mass is 10.1. The first-order valence-electron chi connectivity index (χ1n) is 7.87. The number of nitrogens with one attached hydrogen (secondary N) is 1. The maximum absolute atomic E-state index is 10.2. The van der Waals surface area contributed by atoms with Crippen LogP contribution in [0.25, 0.3) is 11.2 Å². The topological polar surface area (TPSA) is 146 Å². The summed E-state index contributed by atoms with van der Waals surface area (Å²) in [7, 11) is 0. The van der Waals surface area contributed by atoms with E-state index >= 15 is 0 Å². The van der Waals surface area contributed by atoms with Crippen LogP contribution in [0.2, 0.25) is 0 Å². The van der Waals surface area contributed by atoms with Crippen LogP contribution in [0, 0.1) is 0 Å². The van der Waals surface area contributed by atoms with Crippen molar-refractivity contribution in [1.29, 1.82) is 0 Å². The van der Waals surface area contributed by atoms with Crippen LogP contribution < -0.4 is 5.32 Å². The second-order valence-corrected chi connectivity index (χ2v) is 5.86. The number of nitrogens with zero attached hydrogens (tertiary/aromatic N) is 4. The summed E-state index contributed by atoms with van der Waals surface area (Å²) in [6.45, 7) is 1.85. The van der Waals surface area contributed by atoms with Crippen molar-refractivity contribution in [1.82, 2.24) is 19.5 Å². The number of hydrogen-bond donors (Lipinski definition) is 5. The maximum Gasteiger partial charge on any atom is 0.167 e. The Hall–Kier alpha value is -2.11. The van der Waals surface area contributed by atoms with Gasteiger partial charge in [-0.15, -0.1) is 0 Å². The van der Waals surface area contributed by atoms with Crippen LogP contribution in [0.4, 0.5) is 5.82 Å². The van der Waals surface area contributed by atoms with Crippen molar-refractivity contribution in [2.24, 2.45) is 0 Å². The Morgan fingerprint density at radius 1 is 1.28 bits per heavy atom. The first-order valence-corrected chi connectivity index (χ1v) is 7.87. The number of aliphatic hydroxyl groups excluding tert-OH is 4. The van der Waals surface area contributed by atoms with Gasteiger partial charge in [0.05, 0.1) is 19.5 Å². The molecular weight excluding hydrogens is 330 g/mol. The Labute approximate surface area is 143 Å². The van der Waals surface area contributed by atoms with Crippen molar-refractivity contribution in [2.75, 3.05) is 25.1 Å². The van der Waals surface area contributed by atoms with Gasteiger partial charge in [0.2, 0.25) is 0 Å². The normalized spacial score (nSPS) is 27.2. The molecule has 4 atom stereocenters. The molecule has 1 saturated heterocycles. The second kappa shape index (κ2) is 7.42. The van der Waals surface area contributed by atoms with Crippen LogP contribution in [0.1, 0.15) is 13.2 Å². The quantitative estimate of drug-likeness (QED) is 0.404. The summed E-state index contributed by atoms with van der Waals surface area (Å²) in [5.74, 6) is 0.498. The number of anilines is 1. The maximum atomic E-state index is 10.2. The van der Waals surface area contributed by atoms with Gasteiger partial charge in [-0.05, 0) is 6.92 Å². The summed E-state index contributed by atoms with van der Waals surface area (Å²) in [4.78, 5) is 12.6. The molecule has 3 rings (SSSR count). The molecule has 10 heteroatoms. The fourth-order valence-electron chi connectivity index (χ4n) is 2.66. The molecule has 0 spiro atoms. The number of rotatable bonds is 6. The molecule has 0 amide bonds. The monoisotopic (exact) mass is 351 g/mol. The molecule has 5 N–H and O–H groups in total. The summed E-state index contributed by atoms with van der Waals surface area (Å²) in [5, 5.41) is 41.4. The molecule has 0 saturated carbocycles. The van der Waals surface area contributed by atoms with Crippen LogP contribution in [0.5, 0.6) is 0 Å². The number of aromatic nitrogens is 4. The summed E-state index contributed by atoms with van der Waals surface area (Å²) in [5.41, 5.74) is 1.74. The lowest BCUT2D eigenvalue weighted by Gasteiger charge is -2.16. The number of ether oxygens (including phenoxy) is 1. The lowest BCUT2D eigenvalue weighted by molar-refractivity contribution is -0.0511. The lowest BCUT2D eigenvalue weighted by Crippen LogP contribution is -2.33. The highest BCUT2D eigenvalue weighted by atomic mass is 16.6. The van der Waals surface area contributed by atoms with E-state index < -0.39 is 31.1 Å². The van der Waals surface area contributed by atoms with E-state index in [9.17, 15) is 15.3 Å². The van der Waals surface area contributed by atoms with E-state index in [1.807, 2.05) is 13.0 Å². The van der Waals surface area contributed by atoms with E-state index in [1.54, 1.807) is 0 Å². The minimum absolute atomic E-state index is 0.0131. The predicted molar refractivity (Wildman–Crippen MR) is 87.7 cm³/mol. The van der Waals surface area contributed by atoms with Crippen molar-refractivity contribution < 1.29 is 25.2 Å². The van der Waals surface area contributed by atoms with Gasteiger partial charge in [-0.2, -0.15) is 0 Å². The van der Waals surface area contributed by atoms with Crippen molar-refractivity contribution in [3.05, 3.63) is 24.3 Å². The van der Waals surface area contributed by atoms with E-state index in [2.05, 4.69) is 20.3 Å². The molecule has 0 bridgehead atoms. The van der Waals surface area contributed by atoms with E-state index in [4.69, 9.17) is 9.84 Å². The third-order valence-electron chi connectivity index (χ3n) is 4.12. The third kappa shape index (κ3) is 3.34. The van der Waals surface area contributed by atoms with Gasteiger partial charge in [-0.1, -0.05) is 11.6 Å². The summed E-state index contributed by atoms with van der Waals surface area (Å²) in [6, 6.07) is 0. The van der Waals surface area contributed by atoms with Crippen LogP contribution in [-0.2, 0) is 4.74 Å². The summed E-state index contributed by atoms with van der Waals surface area (Å²) >= 11 is 0. The van der Waals surface area contributed by atoms with Gasteiger partial charge in [0, 0.05) is 6.54 Å². The highest BCUT2D eigenvalue weighted by Crippen LogP contribution is 2.31. The van der Waals surface area contributed by atoms with E-state index in [-0.39, 0.29) is 6.61 Å². The van der Waals surface area contributed by atoms with Crippen molar-refractivity contribution >= 4 is 17.0 Å². The van der Waals surface area contributed by atoms with Gasteiger partial charge in [0.1, 0.15) is 24.6 Å². The molecule has 10 nitrogen and oxygen atoms in total. The zero-order valence-corrected chi connectivity index (χ0v) is 13.6. The first-order chi connectivity index (χ1) is 12.1. The largest absolute Gasteiger partial charge is 0.394 e. The zero-order chi connectivity index (χ0) is 18.0. The minimum Gasteiger partial charge on any atom is -0.394 e. The Balaban J connectivity index is 1.86. The predicted octanol–water partition coefficient (Wildman–Crippen LogP) is -1.21. The van der Waals surface area contributed by atoms with Gasteiger partial charge >= 0.3 is 0 Å². The van der Waals surface area contributed by atoms with E-state index in [0.29, 0.717) is 23.5 Å². The smallest absolute Gasteiger partial charge is 0.167 e. The molecule has 136 valence electrons. The van der Waals surface area contributed by atoms with Crippen molar-refractivity contribution in [3.8, 4) is 0 Å². The zero-order valence-electron chi connectivity index (χ0n) is 13.6. The average Bonchev–Trinajstić information content (AvgIpc) is 3.17.